The highest BCUT2D eigenvalue weighted by atomic mass is 32.2. The SMILES string of the molecule is CN=C(NCCc1ccco1)NCc1ccc(S(=O)(=O)N2CCCCC2)cc1. The first-order valence-electron chi connectivity index (χ1n) is 9.65. The average molecular weight is 405 g/mol. The quantitative estimate of drug-likeness (QED) is 0.546. The van der Waals surface area contributed by atoms with Gasteiger partial charge in [-0.1, -0.05) is 18.6 Å². The second-order valence-electron chi connectivity index (χ2n) is 6.79. The van der Waals surface area contributed by atoms with Crippen LogP contribution in [-0.4, -0.2) is 45.4 Å². The van der Waals surface area contributed by atoms with Crippen LogP contribution in [0.3, 0.4) is 0 Å². The minimum absolute atomic E-state index is 0.360. The molecule has 0 spiro atoms. The molecule has 1 saturated heterocycles. The molecule has 2 heterocycles. The fourth-order valence-electron chi connectivity index (χ4n) is 3.20. The van der Waals surface area contributed by atoms with Crippen LogP contribution in [0.4, 0.5) is 0 Å². The van der Waals surface area contributed by atoms with Crippen molar-refractivity contribution < 1.29 is 12.8 Å². The molecule has 1 aromatic carbocycles. The number of hydrogen-bond donors (Lipinski definition) is 2. The van der Waals surface area contributed by atoms with Crippen LogP contribution in [0.15, 0.2) is 57.0 Å². The van der Waals surface area contributed by atoms with E-state index < -0.39 is 10.0 Å². The number of furan rings is 1. The van der Waals surface area contributed by atoms with Gasteiger partial charge in [-0.25, -0.2) is 8.42 Å². The van der Waals surface area contributed by atoms with Crippen molar-refractivity contribution in [3.05, 3.63) is 54.0 Å². The summed E-state index contributed by atoms with van der Waals surface area (Å²) in [5.74, 6) is 1.62. The van der Waals surface area contributed by atoms with Gasteiger partial charge in [0.1, 0.15) is 5.76 Å². The Kier molecular flexibility index (Phi) is 7.11. The third kappa shape index (κ3) is 5.36. The molecule has 0 aliphatic carbocycles. The van der Waals surface area contributed by atoms with Gasteiger partial charge in [0.05, 0.1) is 11.2 Å². The number of aliphatic imine (C=N–C) groups is 1. The van der Waals surface area contributed by atoms with Crippen molar-refractivity contribution in [2.45, 2.75) is 37.1 Å². The number of rotatable bonds is 7. The zero-order chi connectivity index (χ0) is 19.8. The van der Waals surface area contributed by atoms with Gasteiger partial charge in [-0.2, -0.15) is 4.31 Å². The van der Waals surface area contributed by atoms with E-state index in [0.29, 0.717) is 37.0 Å². The van der Waals surface area contributed by atoms with Gasteiger partial charge >= 0.3 is 0 Å². The maximum absolute atomic E-state index is 12.7. The summed E-state index contributed by atoms with van der Waals surface area (Å²) in [7, 11) is -1.66. The number of hydrogen-bond acceptors (Lipinski definition) is 4. The molecular formula is C20H28N4O3S. The summed E-state index contributed by atoms with van der Waals surface area (Å²) in [6.07, 6.45) is 5.42. The Labute approximate surface area is 166 Å². The summed E-state index contributed by atoms with van der Waals surface area (Å²) >= 11 is 0. The van der Waals surface area contributed by atoms with Crippen LogP contribution in [0, 0.1) is 0 Å². The Balaban J connectivity index is 1.50. The Bertz CT molecular complexity index is 855. The van der Waals surface area contributed by atoms with Gasteiger partial charge in [0.15, 0.2) is 5.96 Å². The normalized spacial score (nSPS) is 16.1. The lowest BCUT2D eigenvalue weighted by atomic mass is 10.2. The van der Waals surface area contributed by atoms with Crippen molar-refractivity contribution in [1.82, 2.24) is 14.9 Å². The highest BCUT2D eigenvalue weighted by molar-refractivity contribution is 7.89. The third-order valence-corrected chi connectivity index (χ3v) is 6.72. The Morgan fingerprint density at radius 2 is 1.86 bits per heavy atom. The van der Waals surface area contributed by atoms with Crippen LogP contribution in [-0.2, 0) is 23.0 Å². The fraction of sp³-hybridized carbons (Fsp3) is 0.450. The first-order chi connectivity index (χ1) is 13.6. The van der Waals surface area contributed by atoms with E-state index in [0.717, 1.165) is 37.0 Å². The molecule has 2 N–H and O–H groups in total. The van der Waals surface area contributed by atoms with E-state index >= 15 is 0 Å². The van der Waals surface area contributed by atoms with E-state index in [2.05, 4.69) is 15.6 Å². The Morgan fingerprint density at radius 1 is 1.11 bits per heavy atom. The lowest BCUT2D eigenvalue weighted by molar-refractivity contribution is 0.346. The summed E-state index contributed by atoms with van der Waals surface area (Å²) in [5, 5.41) is 6.47. The molecule has 1 aromatic heterocycles. The van der Waals surface area contributed by atoms with E-state index in [-0.39, 0.29) is 0 Å². The van der Waals surface area contributed by atoms with Gasteiger partial charge in [-0.3, -0.25) is 4.99 Å². The summed E-state index contributed by atoms with van der Waals surface area (Å²) in [6.45, 7) is 2.50. The number of benzene rings is 1. The Hall–Kier alpha value is -2.32. The minimum Gasteiger partial charge on any atom is -0.469 e. The highest BCUT2D eigenvalue weighted by Crippen LogP contribution is 2.20. The molecule has 1 fully saturated rings. The predicted octanol–water partition coefficient (Wildman–Crippen LogP) is 2.36. The number of sulfonamides is 1. The molecule has 0 radical (unpaired) electrons. The van der Waals surface area contributed by atoms with Crippen LogP contribution in [0.1, 0.15) is 30.6 Å². The molecule has 3 rings (SSSR count). The molecule has 8 heteroatoms. The maximum Gasteiger partial charge on any atom is 0.243 e. The number of piperidine rings is 1. The number of guanidine groups is 1. The van der Waals surface area contributed by atoms with Gasteiger partial charge in [-0.15, -0.1) is 0 Å². The van der Waals surface area contributed by atoms with Gasteiger partial charge in [0, 0.05) is 39.6 Å². The van der Waals surface area contributed by atoms with Crippen LogP contribution < -0.4 is 10.6 Å². The van der Waals surface area contributed by atoms with Crippen LogP contribution in [0.25, 0.3) is 0 Å². The van der Waals surface area contributed by atoms with Gasteiger partial charge < -0.3 is 15.1 Å². The van der Waals surface area contributed by atoms with Gasteiger partial charge in [0.25, 0.3) is 0 Å². The first-order valence-corrected chi connectivity index (χ1v) is 11.1. The van der Waals surface area contributed by atoms with Gasteiger partial charge in [0.2, 0.25) is 10.0 Å². The minimum atomic E-state index is -3.38. The lowest BCUT2D eigenvalue weighted by Gasteiger charge is -2.25. The molecule has 0 amide bonds. The van der Waals surface area contributed by atoms with Crippen molar-refractivity contribution in [3.8, 4) is 0 Å². The van der Waals surface area contributed by atoms with Crippen LogP contribution in [0.2, 0.25) is 0 Å². The number of nitrogens with zero attached hydrogens (tertiary/aromatic N) is 2. The largest absolute Gasteiger partial charge is 0.469 e. The summed E-state index contributed by atoms with van der Waals surface area (Å²) in [6, 6.07) is 10.9. The lowest BCUT2D eigenvalue weighted by Crippen LogP contribution is -2.37. The summed E-state index contributed by atoms with van der Waals surface area (Å²) in [4.78, 5) is 4.56. The molecule has 1 aliphatic rings. The predicted molar refractivity (Wildman–Crippen MR) is 110 cm³/mol. The molecule has 2 aromatic rings. The first kappa shape index (κ1) is 20.4. The smallest absolute Gasteiger partial charge is 0.243 e. The zero-order valence-electron chi connectivity index (χ0n) is 16.2. The molecule has 0 saturated carbocycles. The molecule has 152 valence electrons. The van der Waals surface area contributed by atoms with Crippen molar-refractivity contribution in [1.29, 1.82) is 0 Å². The standard InChI is InChI=1S/C20H28N4O3S/c1-21-20(22-12-11-18-6-5-15-27-18)23-16-17-7-9-19(10-8-17)28(25,26)24-13-3-2-4-14-24/h5-10,15H,2-4,11-14,16H2,1H3,(H2,21,22,23). The maximum atomic E-state index is 12.7. The van der Waals surface area contributed by atoms with Crippen molar-refractivity contribution in [2.75, 3.05) is 26.7 Å². The van der Waals surface area contributed by atoms with E-state index in [1.807, 2.05) is 24.3 Å². The highest BCUT2D eigenvalue weighted by Gasteiger charge is 2.25. The third-order valence-electron chi connectivity index (χ3n) is 4.80. The van der Waals surface area contributed by atoms with Crippen LogP contribution in [0.5, 0.6) is 0 Å². The topological polar surface area (TPSA) is 86.9 Å². The molecule has 1 aliphatic heterocycles. The number of nitrogens with one attached hydrogen (secondary N) is 2. The van der Waals surface area contributed by atoms with Crippen molar-refractivity contribution in [2.24, 2.45) is 4.99 Å². The van der Waals surface area contributed by atoms with E-state index in [1.165, 1.54) is 0 Å². The van der Waals surface area contributed by atoms with Crippen molar-refractivity contribution in [3.63, 3.8) is 0 Å². The average Bonchev–Trinajstić information content (AvgIpc) is 3.25. The Morgan fingerprint density at radius 3 is 2.50 bits per heavy atom. The second kappa shape index (κ2) is 9.75. The molecule has 28 heavy (non-hydrogen) atoms. The van der Waals surface area contributed by atoms with Crippen molar-refractivity contribution >= 4 is 16.0 Å². The van der Waals surface area contributed by atoms with E-state index in [4.69, 9.17) is 4.42 Å². The van der Waals surface area contributed by atoms with E-state index in [1.54, 1.807) is 29.7 Å². The summed E-state index contributed by atoms with van der Waals surface area (Å²) in [5.41, 5.74) is 0.992. The summed E-state index contributed by atoms with van der Waals surface area (Å²) < 4.78 is 32.3. The van der Waals surface area contributed by atoms with E-state index in [9.17, 15) is 8.42 Å². The second-order valence-corrected chi connectivity index (χ2v) is 8.73. The molecule has 0 bridgehead atoms. The van der Waals surface area contributed by atoms with Crippen LogP contribution >= 0.6 is 0 Å². The monoisotopic (exact) mass is 404 g/mol. The zero-order valence-corrected chi connectivity index (χ0v) is 17.0. The molecule has 7 nitrogen and oxygen atoms in total. The molecule has 0 atom stereocenters. The fourth-order valence-corrected chi connectivity index (χ4v) is 4.72. The molecule has 0 unspecified atom stereocenters. The van der Waals surface area contributed by atoms with Gasteiger partial charge in [-0.05, 0) is 42.7 Å². The molecular weight excluding hydrogens is 376 g/mol.